The second-order valence-corrected chi connectivity index (χ2v) is 5.83. The molecule has 0 aromatic heterocycles. The third kappa shape index (κ3) is 6.97. The molecule has 7 heteroatoms. The molecule has 0 aliphatic rings. The number of carbonyl (C=O) groups is 2. The molecule has 0 heterocycles. The van der Waals surface area contributed by atoms with Crippen molar-refractivity contribution in [2.45, 2.75) is 32.8 Å². The normalized spacial score (nSPS) is 11.4. The average Bonchev–Trinajstić information content (AvgIpc) is 2.67. The quantitative estimate of drug-likeness (QED) is 0.697. The Morgan fingerprint density at radius 3 is 2.26 bits per heavy atom. The Hall–Kier alpha value is -3.09. The maximum absolute atomic E-state index is 12.8. The minimum Gasteiger partial charge on any atom is -0.494 e. The van der Waals surface area contributed by atoms with Crippen LogP contribution in [0, 0.1) is 5.82 Å². The molecule has 6 nitrogen and oxygen atoms in total. The standard InChI is InChI=1S/C20H23FN2O4/c1-3-26-17-9-11-18(12-10-17)27-14(2)20(25)23-22-19(24)13-6-15-4-7-16(21)8-5-15/h4-5,7-12,14H,3,6,13H2,1-2H3,(H,22,24)(H,23,25). The van der Waals surface area contributed by atoms with E-state index in [2.05, 4.69) is 10.9 Å². The summed E-state index contributed by atoms with van der Waals surface area (Å²) in [5, 5.41) is 0. The Morgan fingerprint density at radius 2 is 1.63 bits per heavy atom. The maximum atomic E-state index is 12.8. The molecule has 2 N–H and O–H groups in total. The molecule has 144 valence electrons. The summed E-state index contributed by atoms with van der Waals surface area (Å²) in [6, 6.07) is 12.8. The molecule has 1 unspecified atom stereocenters. The minimum atomic E-state index is -0.791. The summed E-state index contributed by atoms with van der Waals surface area (Å²) in [7, 11) is 0. The maximum Gasteiger partial charge on any atom is 0.279 e. The number of benzene rings is 2. The van der Waals surface area contributed by atoms with Crippen LogP contribution in [0.1, 0.15) is 25.8 Å². The van der Waals surface area contributed by atoms with Crippen molar-refractivity contribution in [2.75, 3.05) is 6.61 Å². The number of hydrogen-bond donors (Lipinski definition) is 2. The van der Waals surface area contributed by atoms with E-state index < -0.39 is 12.0 Å². The van der Waals surface area contributed by atoms with Crippen LogP contribution in [-0.4, -0.2) is 24.5 Å². The molecule has 0 aliphatic carbocycles. The third-order valence-corrected chi connectivity index (χ3v) is 3.70. The van der Waals surface area contributed by atoms with Gasteiger partial charge in [-0.3, -0.25) is 20.4 Å². The summed E-state index contributed by atoms with van der Waals surface area (Å²) in [6.07, 6.45) is -0.180. The van der Waals surface area contributed by atoms with Crippen LogP contribution in [0.4, 0.5) is 4.39 Å². The smallest absolute Gasteiger partial charge is 0.279 e. The van der Waals surface area contributed by atoms with Gasteiger partial charge in [0, 0.05) is 6.42 Å². The summed E-state index contributed by atoms with van der Waals surface area (Å²) in [4.78, 5) is 23.8. The Bertz CT molecular complexity index is 748. The van der Waals surface area contributed by atoms with Gasteiger partial charge >= 0.3 is 0 Å². The molecule has 0 spiro atoms. The van der Waals surface area contributed by atoms with Crippen LogP contribution in [0.15, 0.2) is 48.5 Å². The molecule has 0 fully saturated rings. The first-order valence-electron chi connectivity index (χ1n) is 8.70. The van der Waals surface area contributed by atoms with E-state index in [0.717, 1.165) is 11.3 Å². The first-order chi connectivity index (χ1) is 13.0. The summed E-state index contributed by atoms with van der Waals surface area (Å²) < 4.78 is 23.7. The van der Waals surface area contributed by atoms with Gasteiger partial charge in [-0.25, -0.2) is 4.39 Å². The lowest BCUT2D eigenvalue weighted by Crippen LogP contribution is -2.47. The van der Waals surface area contributed by atoms with Gasteiger partial charge in [-0.15, -0.1) is 0 Å². The fourth-order valence-electron chi connectivity index (χ4n) is 2.24. The van der Waals surface area contributed by atoms with E-state index in [1.54, 1.807) is 43.3 Å². The van der Waals surface area contributed by atoms with Gasteiger partial charge in [-0.2, -0.15) is 0 Å². The molecule has 2 aromatic carbocycles. The molecule has 0 saturated carbocycles. The van der Waals surface area contributed by atoms with E-state index in [4.69, 9.17) is 9.47 Å². The van der Waals surface area contributed by atoms with Crippen molar-refractivity contribution in [3.05, 3.63) is 59.9 Å². The Morgan fingerprint density at radius 1 is 1.00 bits per heavy atom. The monoisotopic (exact) mass is 374 g/mol. The highest BCUT2D eigenvalue weighted by Gasteiger charge is 2.15. The summed E-state index contributed by atoms with van der Waals surface area (Å²) in [6.45, 7) is 4.04. The van der Waals surface area contributed by atoms with Gasteiger partial charge in [0.25, 0.3) is 5.91 Å². The van der Waals surface area contributed by atoms with Crippen LogP contribution in [0.25, 0.3) is 0 Å². The van der Waals surface area contributed by atoms with Gasteiger partial charge in [0.2, 0.25) is 5.91 Å². The van der Waals surface area contributed by atoms with Crippen molar-refractivity contribution in [1.82, 2.24) is 10.9 Å². The van der Waals surface area contributed by atoms with Gasteiger partial charge in [0.05, 0.1) is 6.61 Å². The van der Waals surface area contributed by atoms with Crippen LogP contribution in [0.3, 0.4) is 0 Å². The number of ether oxygens (including phenoxy) is 2. The van der Waals surface area contributed by atoms with Crippen LogP contribution in [0.5, 0.6) is 11.5 Å². The predicted molar refractivity (Wildman–Crippen MR) is 98.7 cm³/mol. The first kappa shape index (κ1) is 20.2. The van der Waals surface area contributed by atoms with Gasteiger partial charge in [-0.05, 0) is 62.2 Å². The third-order valence-electron chi connectivity index (χ3n) is 3.70. The summed E-state index contributed by atoms with van der Waals surface area (Å²) in [5.74, 6) is 0.0936. The van der Waals surface area contributed by atoms with Crippen LogP contribution in [0.2, 0.25) is 0 Å². The minimum absolute atomic E-state index is 0.167. The largest absolute Gasteiger partial charge is 0.494 e. The molecule has 0 saturated heterocycles. The number of aryl methyl sites for hydroxylation is 1. The molecular formula is C20H23FN2O4. The van der Waals surface area contributed by atoms with Crippen molar-refractivity contribution in [3.63, 3.8) is 0 Å². The fourth-order valence-corrected chi connectivity index (χ4v) is 2.24. The van der Waals surface area contributed by atoms with Crippen molar-refractivity contribution < 1.29 is 23.5 Å². The van der Waals surface area contributed by atoms with Gasteiger partial charge in [-0.1, -0.05) is 12.1 Å². The topological polar surface area (TPSA) is 76.7 Å². The number of carbonyl (C=O) groups excluding carboxylic acids is 2. The summed E-state index contributed by atoms with van der Waals surface area (Å²) in [5.41, 5.74) is 5.51. The SMILES string of the molecule is CCOc1ccc(OC(C)C(=O)NNC(=O)CCc2ccc(F)cc2)cc1. The molecule has 1 atom stereocenters. The highest BCUT2D eigenvalue weighted by Crippen LogP contribution is 2.18. The molecule has 2 rings (SSSR count). The van der Waals surface area contributed by atoms with Crippen LogP contribution < -0.4 is 20.3 Å². The number of rotatable bonds is 8. The van der Waals surface area contributed by atoms with Gasteiger partial charge < -0.3 is 9.47 Å². The molecule has 2 amide bonds. The van der Waals surface area contributed by atoms with Gasteiger partial charge in [0.15, 0.2) is 6.10 Å². The van der Waals surface area contributed by atoms with E-state index in [-0.39, 0.29) is 18.1 Å². The van der Waals surface area contributed by atoms with Crippen molar-refractivity contribution >= 4 is 11.8 Å². The number of halogens is 1. The number of amides is 2. The predicted octanol–water partition coefficient (Wildman–Crippen LogP) is 2.77. The number of hydrazine groups is 1. The first-order valence-corrected chi connectivity index (χ1v) is 8.70. The summed E-state index contributed by atoms with van der Waals surface area (Å²) >= 11 is 0. The molecule has 27 heavy (non-hydrogen) atoms. The molecule has 2 aromatic rings. The second kappa shape index (κ2) is 10.2. The van der Waals surface area contributed by atoms with E-state index in [1.165, 1.54) is 12.1 Å². The van der Waals surface area contributed by atoms with Crippen molar-refractivity contribution in [2.24, 2.45) is 0 Å². The Balaban J connectivity index is 1.71. The highest BCUT2D eigenvalue weighted by atomic mass is 19.1. The zero-order chi connectivity index (χ0) is 19.6. The molecule has 0 bridgehead atoms. The molecular weight excluding hydrogens is 351 g/mol. The van der Waals surface area contributed by atoms with Crippen molar-refractivity contribution in [3.8, 4) is 11.5 Å². The number of hydrogen-bond acceptors (Lipinski definition) is 4. The van der Waals surface area contributed by atoms with E-state index in [1.807, 2.05) is 6.92 Å². The lowest BCUT2D eigenvalue weighted by atomic mass is 10.1. The van der Waals surface area contributed by atoms with E-state index >= 15 is 0 Å². The van der Waals surface area contributed by atoms with Crippen LogP contribution >= 0.6 is 0 Å². The molecule has 0 aliphatic heterocycles. The lowest BCUT2D eigenvalue weighted by Gasteiger charge is -2.15. The van der Waals surface area contributed by atoms with E-state index in [9.17, 15) is 14.0 Å². The van der Waals surface area contributed by atoms with Crippen molar-refractivity contribution in [1.29, 1.82) is 0 Å². The van der Waals surface area contributed by atoms with Crippen LogP contribution in [-0.2, 0) is 16.0 Å². The fraction of sp³-hybridized carbons (Fsp3) is 0.300. The number of nitrogens with one attached hydrogen (secondary N) is 2. The van der Waals surface area contributed by atoms with E-state index in [0.29, 0.717) is 18.8 Å². The Kier molecular flexibility index (Phi) is 7.61. The zero-order valence-corrected chi connectivity index (χ0v) is 15.3. The molecule has 0 radical (unpaired) electrons. The zero-order valence-electron chi connectivity index (χ0n) is 15.3. The second-order valence-electron chi connectivity index (χ2n) is 5.83. The van der Waals surface area contributed by atoms with Gasteiger partial charge in [0.1, 0.15) is 17.3 Å². The Labute approximate surface area is 157 Å². The highest BCUT2D eigenvalue weighted by molar-refractivity contribution is 5.84. The average molecular weight is 374 g/mol. The lowest BCUT2D eigenvalue weighted by molar-refractivity contribution is -0.132.